The van der Waals surface area contributed by atoms with E-state index in [2.05, 4.69) is 10.3 Å². The van der Waals surface area contributed by atoms with Gasteiger partial charge in [0.1, 0.15) is 0 Å². The first-order valence-corrected chi connectivity index (χ1v) is 5.57. The number of aliphatic carboxylic acids is 1. The molecule has 0 fully saturated rings. The Morgan fingerprint density at radius 1 is 1.47 bits per heavy atom. The Morgan fingerprint density at radius 3 is 2.84 bits per heavy atom. The van der Waals surface area contributed by atoms with Crippen molar-refractivity contribution in [1.82, 2.24) is 10.3 Å². The minimum absolute atomic E-state index is 0.265. The number of benzene rings is 1. The van der Waals surface area contributed by atoms with Crippen LogP contribution in [0.25, 0.3) is 11.1 Å². The highest BCUT2D eigenvalue weighted by atomic mass is 16.4. The molecule has 0 bridgehead atoms. The first-order chi connectivity index (χ1) is 9.01. The van der Waals surface area contributed by atoms with E-state index in [9.17, 15) is 14.4 Å². The Kier molecular flexibility index (Phi) is 3.48. The highest BCUT2D eigenvalue weighted by Crippen LogP contribution is 2.14. The van der Waals surface area contributed by atoms with Crippen LogP contribution in [-0.4, -0.2) is 34.9 Å². The van der Waals surface area contributed by atoms with Gasteiger partial charge in [-0.2, -0.15) is 0 Å². The van der Waals surface area contributed by atoms with Gasteiger partial charge in [-0.1, -0.05) is 0 Å². The normalized spacial score (nSPS) is 12.5. The molecule has 19 heavy (non-hydrogen) atoms. The van der Waals surface area contributed by atoms with Gasteiger partial charge in [-0.3, -0.25) is 14.6 Å². The Morgan fingerprint density at radius 2 is 2.21 bits per heavy atom. The predicted molar refractivity (Wildman–Crippen MR) is 66.3 cm³/mol. The third kappa shape index (κ3) is 2.71. The monoisotopic (exact) mass is 264 g/mol. The Balaban J connectivity index is 2.34. The molecule has 2 rings (SSSR count). The van der Waals surface area contributed by atoms with Crippen LogP contribution in [-0.2, 0) is 4.79 Å². The highest BCUT2D eigenvalue weighted by Gasteiger charge is 2.21. The van der Waals surface area contributed by atoms with Gasteiger partial charge in [-0.25, -0.2) is 4.79 Å². The van der Waals surface area contributed by atoms with Crippen molar-refractivity contribution >= 4 is 22.9 Å². The number of aromatic nitrogens is 1. The molecule has 1 unspecified atom stereocenters. The lowest BCUT2D eigenvalue weighted by atomic mass is 10.0. The molecular weight excluding hydrogens is 252 g/mol. The highest BCUT2D eigenvalue weighted by molar-refractivity contribution is 6.03. The van der Waals surface area contributed by atoms with E-state index in [0.29, 0.717) is 5.52 Å². The van der Waals surface area contributed by atoms with Crippen LogP contribution in [0.2, 0.25) is 0 Å². The number of oxazole rings is 1. The smallest absolute Gasteiger partial charge is 0.417 e. The van der Waals surface area contributed by atoms with Crippen LogP contribution in [0.5, 0.6) is 0 Å². The number of carboxylic acid groups (broad SMARTS) is 1. The Hall–Kier alpha value is -2.41. The zero-order valence-electron chi connectivity index (χ0n) is 10.1. The van der Waals surface area contributed by atoms with E-state index in [1.54, 1.807) is 6.07 Å². The Bertz CT molecular complexity index is 685. The number of carbonyl (C=O) groups is 2. The lowest BCUT2D eigenvalue weighted by molar-refractivity contribution is -0.137. The van der Waals surface area contributed by atoms with Crippen LogP contribution in [0, 0.1) is 0 Å². The summed E-state index contributed by atoms with van der Waals surface area (Å²) in [7, 11) is 1.51. The molecule has 7 nitrogen and oxygen atoms in total. The van der Waals surface area contributed by atoms with Crippen LogP contribution in [0.4, 0.5) is 0 Å². The van der Waals surface area contributed by atoms with Crippen molar-refractivity contribution in [3.8, 4) is 0 Å². The average Bonchev–Trinajstić information content (AvgIpc) is 2.73. The summed E-state index contributed by atoms with van der Waals surface area (Å²) in [6.45, 7) is 0. The van der Waals surface area contributed by atoms with Crippen LogP contribution in [0.3, 0.4) is 0 Å². The fourth-order valence-electron chi connectivity index (χ4n) is 1.80. The average molecular weight is 264 g/mol. The van der Waals surface area contributed by atoms with Crippen molar-refractivity contribution in [3.63, 3.8) is 0 Å². The molecule has 0 spiro atoms. The molecule has 1 atom stereocenters. The van der Waals surface area contributed by atoms with Crippen LogP contribution in [0.1, 0.15) is 16.8 Å². The van der Waals surface area contributed by atoms with Crippen LogP contribution >= 0.6 is 0 Å². The van der Waals surface area contributed by atoms with Gasteiger partial charge in [0.25, 0.3) is 0 Å². The van der Waals surface area contributed by atoms with Gasteiger partial charge in [-0.15, -0.1) is 0 Å². The zero-order valence-corrected chi connectivity index (χ0v) is 10.1. The summed E-state index contributed by atoms with van der Waals surface area (Å²) in [6, 6.07) is 3.66. The lowest BCUT2D eigenvalue weighted by Gasteiger charge is -2.12. The van der Waals surface area contributed by atoms with E-state index in [0.717, 1.165) is 0 Å². The number of fused-ring (bicyclic) bond motifs is 1. The molecule has 0 saturated carbocycles. The van der Waals surface area contributed by atoms with E-state index in [-0.39, 0.29) is 23.4 Å². The lowest BCUT2D eigenvalue weighted by Crippen LogP contribution is -2.36. The first-order valence-electron chi connectivity index (χ1n) is 5.57. The van der Waals surface area contributed by atoms with E-state index in [1.807, 2.05) is 0 Å². The molecule has 0 radical (unpaired) electrons. The van der Waals surface area contributed by atoms with Gasteiger partial charge < -0.3 is 14.8 Å². The maximum atomic E-state index is 12.1. The molecule has 0 aliphatic rings. The summed E-state index contributed by atoms with van der Waals surface area (Å²) in [5.41, 5.74) is 1.04. The molecule has 1 aromatic heterocycles. The molecular formula is C12H12N2O5. The number of H-pyrrole nitrogens is 1. The minimum Gasteiger partial charge on any atom is -0.481 e. The number of rotatable bonds is 5. The van der Waals surface area contributed by atoms with Crippen LogP contribution < -0.4 is 11.1 Å². The van der Waals surface area contributed by atoms with Gasteiger partial charge in [-0.05, 0) is 25.2 Å². The minimum atomic E-state index is -1.07. The summed E-state index contributed by atoms with van der Waals surface area (Å²) in [5.74, 6) is -2.03. The number of hydrogen-bond acceptors (Lipinski definition) is 5. The maximum Gasteiger partial charge on any atom is 0.417 e. The predicted octanol–water partition coefficient (Wildman–Crippen LogP) is 0.366. The summed E-state index contributed by atoms with van der Waals surface area (Å²) < 4.78 is 4.85. The second-order valence-electron chi connectivity index (χ2n) is 4.03. The van der Waals surface area contributed by atoms with Gasteiger partial charge in [0.05, 0.1) is 18.0 Å². The van der Waals surface area contributed by atoms with Crippen LogP contribution in [0.15, 0.2) is 27.4 Å². The number of likely N-dealkylation sites (N-methyl/N-ethyl adjacent to an activating group) is 1. The van der Waals surface area contributed by atoms with Crippen molar-refractivity contribution in [1.29, 1.82) is 0 Å². The number of ketones is 1. The molecule has 0 saturated heterocycles. The topological polar surface area (TPSA) is 112 Å². The number of hydrogen-bond donors (Lipinski definition) is 3. The van der Waals surface area contributed by atoms with E-state index in [1.165, 1.54) is 19.2 Å². The van der Waals surface area contributed by atoms with E-state index < -0.39 is 17.8 Å². The maximum absolute atomic E-state index is 12.1. The van der Waals surface area contributed by atoms with Gasteiger partial charge in [0, 0.05) is 5.56 Å². The number of Topliss-reactive ketones (excluding diaryl/α,β-unsaturated/α-hetero) is 1. The van der Waals surface area contributed by atoms with Crippen molar-refractivity contribution < 1.29 is 19.1 Å². The van der Waals surface area contributed by atoms with Gasteiger partial charge in [0.2, 0.25) is 0 Å². The third-order valence-electron chi connectivity index (χ3n) is 2.75. The largest absolute Gasteiger partial charge is 0.481 e. The third-order valence-corrected chi connectivity index (χ3v) is 2.75. The van der Waals surface area contributed by atoms with Crippen molar-refractivity contribution in [2.24, 2.45) is 0 Å². The number of carbonyl (C=O) groups excluding carboxylic acids is 1. The fraction of sp³-hybridized carbons (Fsp3) is 0.250. The Labute approximate surface area is 107 Å². The number of aromatic amines is 1. The second-order valence-corrected chi connectivity index (χ2v) is 4.03. The summed E-state index contributed by atoms with van der Waals surface area (Å²) in [5, 5.41) is 11.4. The fourth-order valence-corrected chi connectivity index (χ4v) is 1.80. The quantitative estimate of drug-likeness (QED) is 0.672. The molecule has 7 heteroatoms. The summed E-state index contributed by atoms with van der Waals surface area (Å²) in [6.07, 6.45) is -0.315. The molecule has 1 aromatic carbocycles. The molecule has 0 aliphatic carbocycles. The van der Waals surface area contributed by atoms with Crippen molar-refractivity contribution in [3.05, 3.63) is 34.3 Å². The zero-order chi connectivity index (χ0) is 14.0. The van der Waals surface area contributed by atoms with Gasteiger partial charge >= 0.3 is 11.7 Å². The summed E-state index contributed by atoms with van der Waals surface area (Å²) >= 11 is 0. The molecule has 0 aliphatic heterocycles. The molecule has 2 aromatic rings. The SMILES string of the molecule is CNC(CC(=O)O)C(=O)c1ccc2[nH]c(=O)oc2c1. The molecule has 0 amide bonds. The standard InChI is InChI=1S/C12H12N2O5/c1-13-8(5-10(15)16)11(17)6-2-3-7-9(4-6)19-12(18)14-7/h2-4,8,13H,5H2,1H3,(H,14,18)(H,15,16). The van der Waals surface area contributed by atoms with E-state index >= 15 is 0 Å². The van der Waals surface area contributed by atoms with Crippen molar-refractivity contribution in [2.75, 3.05) is 7.05 Å². The molecule has 3 N–H and O–H groups in total. The summed E-state index contributed by atoms with van der Waals surface area (Å²) in [4.78, 5) is 36.2. The number of nitrogens with one attached hydrogen (secondary N) is 2. The van der Waals surface area contributed by atoms with Crippen molar-refractivity contribution in [2.45, 2.75) is 12.5 Å². The second kappa shape index (κ2) is 5.07. The number of carboxylic acids is 1. The van der Waals surface area contributed by atoms with E-state index in [4.69, 9.17) is 9.52 Å². The van der Waals surface area contributed by atoms with Gasteiger partial charge in [0.15, 0.2) is 11.4 Å². The molecule has 1 heterocycles. The first kappa shape index (κ1) is 13.0. The molecule has 100 valence electrons.